The van der Waals surface area contributed by atoms with Crippen LogP contribution in [0.5, 0.6) is 0 Å². The first-order valence-corrected chi connectivity index (χ1v) is 2.32. The van der Waals surface area contributed by atoms with Crippen molar-refractivity contribution in [3.8, 4) is 0 Å². The Bertz CT molecular complexity index is 131. The first-order chi connectivity index (χ1) is 3.68. The maximum Gasteiger partial charge on any atom is 0.118 e. The van der Waals surface area contributed by atoms with Crippen molar-refractivity contribution in [2.75, 3.05) is 0 Å². The van der Waals surface area contributed by atoms with Crippen molar-refractivity contribution in [1.29, 1.82) is 0 Å². The van der Waals surface area contributed by atoms with E-state index in [0.29, 0.717) is 5.57 Å². The van der Waals surface area contributed by atoms with Gasteiger partial charge in [-0.25, -0.2) is 4.39 Å². The average Bonchev–Trinajstić information content (AvgIpc) is 1.67. The van der Waals surface area contributed by atoms with Gasteiger partial charge in [-0.05, 0) is 12.5 Å². The number of hydrogen-bond donors (Lipinski definition) is 0. The Morgan fingerprint density at radius 1 is 1.62 bits per heavy atom. The molecule has 0 fully saturated rings. The molecule has 0 saturated carbocycles. The molecule has 0 aliphatic heterocycles. The molecule has 0 saturated heterocycles. The van der Waals surface area contributed by atoms with Gasteiger partial charge in [-0.2, -0.15) is 0 Å². The van der Waals surface area contributed by atoms with E-state index in [-0.39, 0.29) is 0 Å². The summed E-state index contributed by atoms with van der Waals surface area (Å²) in [6.07, 6.45) is 3.10. The van der Waals surface area contributed by atoms with Crippen molar-refractivity contribution >= 4 is 0 Å². The topological polar surface area (TPSA) is 0 Å². The lowest BCUT2D eigenvalue weighted by Crippen LogP contribution is -1.70. The van der Waals surface area contributed by atoms with E-state index in [4.69, 9.17) is 0 Å². The monoisotopic (exact) mass is 112 g/mol. The Morgan fingerprint density at radius 2 is 2.12 bits per heavy atom. The molecular formula is C7H9F. The molecule has 0 spiro atoms. The predicted octanol–water partition coefficient (Wildman–Crippen LogP) is 2.60. The smallest absolute Gasteiger partial charge is 0.118 e. The minimum Gasteiger partial charge on any atom is -0.207 e. The van der Waals surface area contributed by atoms with E-state index in [1.165, 1.54) is 6.08 Å². The van der Waals surface area contributed by atoms with Crippen LogP contribution in [0, 0.1) is 0 Å². The summed E-state index contributed by atoms with van der Waals surface area (Å²) in [7, 11) is 0. The average molecular weight is 112 g/mol. The van der Waals surface area contributed by atoms with Gasteiger partial charge >= 0.3 is 0 Å². The molecule has 0 atom stereocenters. The lowest BCUT2D eigenvalue weighted by molar-refractivity contribution is 0.656. The highest BCUT2D eigenvalue weighted by Gasteiger charge is 1.87. The third kappa shape index (κ3) is 2.35. The van der Waals surface area contributed by atoms with Crippen molar-refractivity contribution in [3.63, 3.8) is 0 Å². The van der Waals surface area contributed by atoms with E-state index < -0.39 is 5.83 Å². The lowest BCUT2D eigenvalue weighted by atomic mass is 10.3. The van der Waals surface area contributed by atoms with Crippen LogP contribution >= 0.6 is 0 Å². The van der Waals surface area contributed by atoms with Crippen LogP contribution in [-0.4, -0.2) is 0 Å². The molecule has 0 radical (unpaired) electrons. The van der Waals surface area contributed by atoms with Crippen molar-refractivity contribution in [1.82, 2.24) is 0 Å². The molecule has 0 heterocycles. The number of halogens is 1. The summed E-state index contributed by atoms with van der Waals surface area (Å²) in [5, 5.41) is 0. The van der Waals surface area contributed by atoms with E-state index >= 15 is 0 Å². The quantitative estimate of drug-likeness (QED) is 0.481. The van der Waals surface area contributed by atoms with Gasteiger partial charge in [0.15, 0.2) is 0 Å². The summed E-state index contributed by atoms with van der Waals surface area (Å²) in [5.41, 5.74) is 0.528. The van der Waals surface area contributed by atoms with Gasteiger partial charge in [0.25, 0.3) is 0 Å². The van der Waals surface area contributed by atoms with E-state index in [2.05, 4.69) is 13.2 Å². The molecule has 0 aliphatic rings. The predicted molar refractivity (Wildman–Crippen MR) is 34.2 cm³/mol. The van der Waals surface area contributed by atoms with Crippen molar-refractivity contribution < 1.29 is 4.39 Å². The second kappa shape index (κ2) is 3.19. The van der Waals surface area contributed by atoms with Gasteiger partial charge in [0.1, 0.15) is 5.83 Å². The zero-order chi connectivity index (χ0) is 6.57. The molecule has 0 aromatic carbocycles. The molecule has 0 aromatic rings. The molecule has 0 amide bonds. The standard InChI is InChI=1S/C7H9F/c1-4-5-6(2)7(3)8/h4-5H,1,3H2,2H3/b6-5-. The Hall–Kier alpha value is -0.850. The molecule has 0 aliphatic carbocycles. The summed E-state index contributed by atoms with van der Waals surface area (Å²) < 4.78 is 12.0. The van der Waals surface area contributed by atoms with Crippen LogP contribution in [0.25, 0.3) is 0 Å². The maximum absolute atomic E-state index is 12.0. The van der Waals surface area contributed by atoms with Gasteiger partial charge in [-0.1, -0.05) is 25.3 Å². The fraction of sp³-hybridized carbons (Fsp3) is 0.143. The molecule has 0 N–H and O–H groups in total. The number of allylic oxidation sites excluding steroid dienone is 4. The van der Waals surface area contributed by atoms with Gasteiger partial charge in [-0.15, -0.1) is 0 Å². The molecule has 0 bridgehead atoms. The summed E-state index contributed by atoms with van der Waals surface area (Å²) in [4.78, 5) is 0. The highest BCUT2D eigenvalue weighted by atomic mass is 19.1. The molecule has 0 aromatic heterocycles. The van der Waals surface area contributed by atoms with Gasteiger partial charge in [0, 0.05) is 0 Å². The van der Waals surface area contributed by atoms with Crippen molar-refractivity contribution in [2.45, 2.75) is 6.92 Å². The molecule has 8 heavy (non-hydrogen) atoms. The van der Waals surface area contributed by atoms with Gasteiger partial charge in [0.05, 0.1) is 0 Å². The molecule has 44 valence electrons. The molecular weight excluding hydrogens is 103 g/mol. The zero-order valence-corrected chi connectivity index (χ0v) is 4.95. The van der Waals surface area contributed by atoms with Gasteiger partial charge < -0.3 is 0 Å². The van der Waals surface area contributed by atoms with Crippen LogP contribution in [0.4, 0.5) is 4.39 Å². The van der Waals surface area contributed by atoms with E-state index in [9.17, 15) is 4.39 Å². The zero-order valence-electron chi connectivity index (χ0n) is 4.95. The molecule has 0 unspecified atom stereocenters. The van der Waals surface area contributed by atoms with E-state index in [0.717, 1.165) is 0 Å². The fourth-order valence-electron chi connectivity index (χ4n) is 0.267. The normalized spacial score (nSPS) is 11.0. The number of hydrogen-bond acceptors (Lipinski definition) is 0. The Labute approximate surface area is 49.0 Å². The second-order valence-corrected chi connectivity index (χ2v) is 1.49. The second-order valence-electron chi connectivity index (χ2n) is 1.49. The third-order valence-corrected chi connectivity index (χ3v) is 0.796. The fourth-order valence-corrected chi connectivity index (χ4v) is 0.267. The SMILES string of the molecule is C=C/C=C(/C)C(=C)F. The highest BCUT2D eigenvalue weighted by Crippen LogP contribution is 2.05. The minimum absolute atomic E-state index is 0.398. The summed E-state index contributed by atoms with van der Waals surface area (Å²) in [5.74, 6) is -0.398. The van der Waals surface area contributed by atoms with Crippen molar-refractivity contribution in [3.05, 3.63) is 36.7 Å². The first kappa shape index (κ1) is 7.15. The molecule has 0 rings (SSSR count). The third-order valence-electron chi connectivity index (χ3n) is 0.796. The maximum atomic E-state index is 12.0. The summed E-state index contributed by atoms with van der Waals surface area (Å²) in [6, 6.07) is 0. The van der Waals surface area contributed by atoms with Crippen LogP contribution in [0.15, 0.2) is 36.7 Å². The minimum atomic E-state index is -0.398. The Morgan fingerprint density at radius 3 is 2.25 bits per heavy atom. The van der Waals surface area contributed by atoms with Crippen molar-refractivity contribution in [2.24, 2.45) is 0 Å². The van der Waals surface area contributed by atoms with Crippen LogP contribution in [0.2, 0.25) is 0 Å². The molecule has 0 nitrogen and oxygen atoms in total. The van der Waals surface area contributed by atoms with Gasteiger partial charge in [-0.3, -0.25) is 0 Å². The van der Waals surface area contributed by atoms with Crippen LogP contribution in [-0.2, 0) is 0 Å². The largest absolute Gasteiger partial charge is 0.207 e. The van der Waals surface area contributed by atoms with Crippen LogP contribution in [0.3, 0.4) is 0 Å². The van der Waals surface area contributed by atoms with Gasteiger partial charge in [0.2, 0.25) is 0 Å². The summed E-state index contributed by atoms with van der Waals surface area (Å²) >= 11 is 0. The Balaban J connectivity index is 3.99. The summed E-state index contributed by atoms with van der Waals surface area (Å²) in [6.45, 7) is 8.13. The molecule has 1 heteroatoms. The van der Waals surface area contributed by atoms with Crippen LogP contribution in [0.1, 0.15) is 6.92 Å². The van der Waals surface area contributed by atoms with Crippen LogP contribution < -0.4 is 0 Å². The lowest BCUT2D eigenvalue weighted by Gasteiger charge is -1.88. The first-order valence-electron chi connectivity index (χ1n) is 2.32. The Kier molecular flexibility index (Phi) is 2.85. The van der Waals surface area contributed by atoms with E-state index in [1.807, 2.05) is 0 Å². The van der Waals surface area contributed by atoms with E-state index in [1.54, 1.807) is 13.0 Å². The number of rotatable bonds is 2. The highest BCUT2D eigenvalue weighted by molar-refractivity contribution is 5.23.